The molecule has 0 aliphatic carbocycles. The predicted molar refractivity (Wildman–Crippen MR) is 104 cm³/mol. The molecule has 0 spiro atoms. The molecule has 0 unspecified atom stereocenters. The quantitative estimate of drug-likeness (QED) is 0.741. The zero-order valence-electron chi connectivity index (χ0n) is 16.0. The van der Waals surface area contributed by atoms with Crippen molar-refractivity contribution >= 4 is 23.2 Å². The Morgan fingerprint density at radius 3 is 2.82 bits per heavy atom. The highest BCUT2D eigenvalue weighted by Gasteiger charge is 2.32. The van der Waals surface area contributed by atoms with Crippen LogP contribution < -0.4 is 0 Å². The molecule has 6 nitrogen and oxygen atoms in total. The lowest BCUT2D eigenvalue weighted by Crippen LogP contribution is -2.40. The van der Waals surface area contributed by atoms with Crippen LogP contribution in [-0.4, -0.2) is 58.9 Å². The molecule has 1 saturated heterocycles. The molecule has 8 heteroatoms. The highest BCUT2D eigenvalue weighted by molar-refractivity contribution is 7.07. The van der Waals surface area contributed by atoms with Gasteiger partial charge >= 0.3 is 0 Å². The highest BCUT2D eigenvalue weighted by Crippen LogP contribution is 2.16. The van der Waals surface area contributed by atoms with Gasteiger partial charge in [0.25, 0.3) is 5.91 Å². The first-order chi connectivity index (χ1) is 13.4. The minimum atomic E-state index is -0.410. The van der Waals surface area contributed by atoms with E-state index in [1.807, 2.05) is 13.8 Å². The van der Waals surface area contributed by atoms with Crippen LogP contribution >= 0.6 is 11.3 Å². The average molecular weight is 405 g/mol. The number of benzene rings is 1. The fraction of sp³-hybridized carbons (Fsp3) is 0.450. The van der Waals surface area contributed by atoms with E-state index < -0.39 is 6.10 Å². The Balaban J connectivity index is 1.76. The number of nitrogens with zero attached hydrogens (tertiary/aromatic N) is 3. The first-order valence-corrected chi connectivity index (χ1v) is 10.2. The second-order valence-electron chi connectivity index (χ2n) is 7.28. The number of carbonyl (C=O) groups is 2. The summed E-state index contributed by atoms with van der Waals surface area (Å²) in [6.07, 6.45) is -0.410. The summed E-state index contributed by atoms with van der Waals surface area (Å²) in [6.45, 7) is 5.34. The molecule has 2 aromatic rings. The number of rotatable bonds is 6. The van der Waals surface area contributed by atoms with E-state index in [0.717, 1.165) is 0 Å². The molecule has 150 valence electrons. The normalized spacial score (nSPS) is 17.9. The van der Waals surface area contributed by atoms with Gasteiger partial charge in [0.1, 0.15) is 18.1 Å². The third-order valence-electron chi connectivity index (χ3n) is 4.48. The monoisotopic (exact) mass is 405 g/mol. The zero-order valence-corrected chi connectivity index (χ0v) is 16.8. The Morgan fingerprint density at radius 1 is 1.36 bits per heavy atom. The van der Waals surface area contributed by atoms with Gasteiger partial charge in [0.05, 0.1) is 18.2 Å². The minimum Gasteiger partial charge on any atom is -0.370 e. The maximum absolute atomic E-state index is 13.9. The van der Waals surface area contributed by atoms with Crippen molar-refractivity contribution in [2.45, 2.75) is 26.6 Å². The Morgan fingerprint density at radius 2 is 2.14 bits per heavy atom. The van der Waals surface area contributed by atoms with Crippen LogP contribution in [0.5, 0.6) is 0 Å². The van der Waals surface area contributed by atoms with Gasteiger partial charge in [0, 0.05) is 30.6 Å². The Labute approximate surface area is 167 Å². The molecule has 3 rings (SSSR count). The summed E-state index contributed by atoms with van der Waals surface area (Å²) in [6, 6.07) is 6.43. The molecule has 1 aromatic heterocycles. The molecule has 0 radical (unpaired) electrons. The molecule has 2 amide bonds. The van der Waals surface area contributed by atoms with Crippen LogP contribution in [-0.2, 0) is 16.1 Å². The summed E-state index contributed by atoms with van der Waals surface area (Å²) in [4.78, 5) is 32.7. The summed E-state index contributed by atoms with van der Waals surface area (Å²) in [7, 11) is 0. The summed E-state index contributed by atoms with van der Waals surface area (Å²) in [5.41, 5.74) is 2.36. The van der Waals surface area contributed by atoms with E-state index in [4.69, 9.17) is 4.74 Å². The maximum atomic E-state index is 13.9. The van der Waals surface area contributed by atoms with Crippen LogP contribution in [0.1, 0.15) is 29.9 Å². The predicted octanol–water partition coefficient (Wildman–Crippen LogP) is 2.81. The van der Waals surface area contributed by atoms with Crippen LogP contribution in [0.4, 0.5) is 4.39 Å². The fourth-order valence-corrected chi connectivity index (χ4v) is 3.69. The fourth-order valence-electron chi connectivity index (χ4n) is 3.16. The van der Waals surface area contributed by atoms with Gasteiger partial charge in [-0.15, -0.1) is 11.3 Å². The van der Waals surface area contributed by atoms with E-state index in [1.54, 1.807) is 34.0 Å². The number of carbonyl (C=O) groups excluding carboxylic acids is 2. The van der Waals surface area contributed by atoms with Crippen LogP contribution in [0.25, 0.3) is 0 Å². The van der Waals surface area contributed by atoms with Crippen molar-refractivity contribution in [3.63, 3.8) is 0 Å². The Bertz CT molecular complexity index is 813. The Hall–Kier alpha value is -2.32. The van der Waals surface area contributed by atoms with Crippen molar-refractivity contribution in [1.29, 1.82) is 0 Å². The van der Waals surface area contributed by atoms with Crippen molar-refractivity contribution < 1.29 is 18.7 Å². The molecule has 0 saturated carbocycles. The van der Waals surface area contributed by atoms with Gasteiger partial charge in [-0.25, -0.2) is 9.37 Å². The maximum Gasteiger partial charge on any atom is 0.273 e. The molecule has 0 N–H and O–H groups in total. The molecule has 0 bridgehead atoms. The summed E-state index contributed by atoms with van der Waals surface area (Å²) >= 11 is 1.33. The first-order valence-electron chi connectivity index (χ1n) is 9.24. The van der Waals surface area contributed by atoms with Crippen molar-refractivity contribution in [1.82, 2.24) is 14.8 Å². The van der Waals surface area contributed by atoms with Gasteiger partial charge in [0.2, 0.25) is 5.91 Å². The third-order valence-corrected chi connectivity index (χ3v) is 5.07. The van der Waals surface area contributed by atoms with Gasteiger partial charge in [-0.3, -0.25) is 9.59 Å². The molecular formula is C20H24FN3O3S. The van der Waals surface area contributed by atoms with Gasteiger partial charge in [-0.1, -0.05) is 32.0 Å². The van der Waals surface area contributed by atoms with Crippen LogP contribution in [0.15, 0.2) is 35.2 Å². The Kier molecular flexibility index (Phi) is 6.74. The second-order valence-corrected chi connectivity index (χ2v) is 8.00. The number of ether oxygens (including phenoxy) is 1. The summed E-state index contributed by atoms with van der Waals surface area (Å²) in [5.74, 6) is -0.451. The van der Waals surface area contributed by atoms with Crippen molar-refractivity contribution in [3.05, 3.63) is 52.2 Å². The van der Waals surface area contributed by atoms with Crippen LogP contribution in [0, 0.1) is 11.7 Å². The van der Waals surface area contributed by atoms with Gasteiger partial charge in [-0.2, -0.15) is 0 Å². The number of halogens is 1. The molecule has 28 heavy (non-hydrogen) atoms. The molecule has 1 aliphatic rings. The summed E-state index contributed by atoms with van der Waals surface area (Å²) < 4.78 is 19.9. The number of aromatic nitrogens is 1. The summed E-state index contributed by atoms with van der Waals surface area (Å²) in [5, 5.41) is 1.67. The number of thiazole rings is 1. The van der Waals surface area contributed by atoms with Gasteiger partial charge in [0.15, 0.2) is 0 Å². The molecular weight excluding hydrogens is 381 g/mol. The SMILES string of the molecule is CC(C)CN1C[C@@H](OCc2ccccc2F)CN(C(=O)c2cscn2)CC1=O. The standard InChI is InChI=1S/C20H24FN3O3S/c1-14(2)7-23-8-16(27-11-15-5-3-4-6-17(15)21)9-24(10-19(23)25)20(26)18-12-28-13-22-18/h3-6,12-14,16H,7-11H2,1-2H3/t16-/m1/s1. The van der Waals surface area contributed by atoms with E-state index in [-0.39, 0.29) is 43.2 Å². The van der Waals surface area contributed by atoms with E-state index in [9.17, 15) is 14.0 Å². The molecule has 1 atom stereocenters. The van der Waals surface area contributed by atoms with E-state index in [0.29, 0.717) is 24.3 Å². The number of hydrogen-bond donors (Lipinski definition) is 0. The zero-order chi connectivity index (χ0) is 20.1. The van der Waals surface area contributed by atoms with E-state index in [2.05, 4.69) is 4.98 Å². The number of amides is 2. The van der Waals surface area contributed by atoms with Gasteiger partial charge < -0.3 is 14.5 Å². The third kappa shape index (κ3) is 5.14. The highest BCUT2D eigenvalue weighted by atomic mass is 32.1. The lowest BCUT2D eigenvalue weighted by Gasteiger charge is -2.26. The molecule has 1 aromatic carbocycles. The molecule has 2 heterocycles. The first kappa shape index (κ1) is 20.4. The van der Waals surface area contributed by atoms with Crippen LogP contribution in [0.3, 0.4) is 0 Å². The van der Waals surface area contributed by atoms with Crippen molar-refractivity contribution in [3.8, 4) is 0 Å². The van der Waals surface area contributed by atoms with E-state index in [1.165, 1.54) is 22.3 Å². The topological polar surface area (TPSA) is 62.7 Å². The van der Waals surface area contributed by atoms with Crippen LogP contribution in [0.2, 0.25) is 0 Å². The second kappa shape index (κ2) is 9.25. The van der Waals surface area contributed by atoms with E-state index >= 15 is 0 Å². The lowest BCUT2D eigenvalue weighted by atomic mass is 10.2. The largest absolute Gasteiger partial charge is 0.370 e. The lowest BCUT2D eigenvalue weighted by molar-refractivity contribution is -0.132. The smallest absolute Gasteiger partial charge is 0.273 e. The molecule has 1 fully saturated rings. The van der Waals surface area contributed by atoms with Gasteiger partial charge in [-0.05, 0) is 12.0 Å². The van der Waals surface area contributed by atoms with Crippen molar-refractivity contribution in [2.75, 3.05) is 26.2 Å². The van der Waals surface area contributed by atoms with Crippen molar-refractivity contribution in [2.24, 2.45) is 5.92 Å². The number of hydrogen-bond acceptors (Lipinski definition) is 5. The minimum absolute atomic E-state index is 0.0113. The average Bonchev–Trinajstić information content (AvgIpc) is 3.14. The molecule has 1 aliphatic heterocycles.